The third-order valence-electron chi connectivity index (χ3n) is 6.62. The molecule has 0 saturated carbocycles. The zero-order chi connectivity index (χ0) is 27.1. The Labute approximate surface area is 236 Å². The molecule has 38 heavy (non-hydrogen) atoms. The first kappa shape index (κ1) is 28.1. The van der Waals surface area contributed by atoms with E-state index in [2.05, 4.69) is 27.7 Å². The van der Waals surface area contributed by atoms with E-state index in [0.29, 0.717) is 34.2 Å². The van der Waals surface area contributed by atoms with Gasteiger partial charge < -0.3 is 4.74 Å². The molecule has 5 nitrogen and oxygen atoms in total. The maximum absolute atomic E-state index is 13.4. The fourth-order valence-electron chi connectivity index (χ4n) is 4.38. The summed E-state index contributed by atoms with van der Waals surface area (Å²) < 4.78 is 8.37. The van der Waals surface area contributed by atoms with Gasteiger partial charge in [0.05, 0.1) is 22.9 Å². The van der Waals surface area contributed by atoms with Gasteiger partial charge in [0.1, 0.15) is 10.1 Å². The predicted octanol–water partition coefficient (Wildman–Crippen LogP) is 7.99. The molecule has 1 aliphatic rings. The second-order valence-corrected chi connectivity index (χ2v) is 11.8. The molecule has 4 rings (SSSR count). The van der Waals surface area contributed by atoms with Crippen LogP contribution in [0.15, 0.2) is 65.7 Å². The highest BCUT2D eigenvalue weighted by molar-refractivity contribution is 8.26. The van der Waals surface area contributed by atoms with Crippen molar-refractivity contribution in [3.8, 4) is 22.7 Å². The first-order chi connectivity index (χ1) is 18.4. The van der Waals surface area contributed by atoms with Gasteiger partial charge in [0.15, 0.2) is 0 Å². The molecule has 0 N–H and O–H groups in total. The number of aromatic nitrogens is 2. The van der Waals surface area contributed by atoms with E-state index in [-0.39, 0.29) is 5.91 Å². The number of carbonyl (C=O) groups is 1. The summed E-state index contributed by atoms with van der Waals surface area (Å²) >= 11 is 7.03. The van der Waals surface area contributed by atoms with Crippen molar-refractivity contribution >= 4 is 40.3 Å². The zero-order valence-corrected chi connectivity index (χ0v) is 24.4. The number of thiocarbonyl (C=S) groups is 1. The molecule has 1 amide bonds. The van der Waals surface area contributed by atoms with Gasteiger partial charge in [-0.1, -0.05) is 89.1 Å². The molecule has 200 valence electrons. The zero-order valence-electron chi connectivity index (χ0n) is 22.7. The third-order valence-corrected chi connectivity index (χ3v) is 8.00. The quantitative estimate of drug-likeness (QED) is 0.170. The van der Waals surface area contributed by atoms with E-state index in [1.165, 1.54) is 18.2 Å². The second kappa shape index (κ2) is 13.3. The molecule has 1 aromatic heterocycles. The summed E-state index contributed by atoms with van der Waals surface area (Å²) in [5.74, 6) is 1.75. The van der Waals surface area contributed by atoms with E-state index < -0.39 is 0 Å². The molecule has 7 heteroatoms. The summed E-state index contributed by atoms with van der Waals surface area (Å²) in [5.41, 5.74) is 3.61. The number of nitrogens with zero attached hydrogens (tertiary/aromatic N) is 3. The van der Waals surface area contributed by atoms with E-state index in [1.807, 2.05) is 71.6 Å². The number of unbranched alkanes of at least 4 members (excludes halogenated alkanes) is 1. The Morgan fingerprint density at radius 3 is 2.47 bits per heavy atom. The van der Waals surface area contributed by atoms with Crippen LogP contribution < -0.4 is 4.74 Å². The molecule has 0 aliphatic carbocycles. The van der Waals surface area contributed by atoms with Crippen molar-refractivity contribution in [1.29, 1.82) is 0 Å². The number of hydrogen-bond acceptors (Lipinski definition) is 5. The molecule has 1 saturated heterocycles. The van der Waals surface area contributed by atoms with E-state index >= 15 is 0 Å². The van der Waals surface area contributed by atoms with Crippen LogP contribution in [0.1, 0.15) is 58.9 Å². The summed E-state index contributed by atoms with van der Waals surface area (Å²) in [5, 5.41) is 4.92. The van der Waals surface area contributed by atoms with Crippen LogP contribution in [0.25, 0.3) is 23.0 Å². The smallest absolute Gasteiger partial charge is 0.266 e. The van der Waals surface area contributed by atoms with Crippen LogP contribution in [0.2, 0.25) is 0 Å². The molecule has 0 bridgehead atoms. The van der Waals surface area contributed by atoms with Gasteiger partial charge in [-0.25, -0.2) is 4.68 Å². The van der Waals surface area contributed by atoms with E-state index in [1.54, 1.807) is 4.90 Å². The molecule has 1 atom stereocenters. The van der Waals surface area contributed by atoms with E-state index in [4.69, 9.17) is 22.1 Å². The van der Waals surface area contributed by atoms with Gasteiger partial charge in [0.25, 0.3) is 5.91 Å². The normalized spacial score (nSPS) is 15.6. The second-order valence-electron chi connectivity index (χ2n) is 10.2. The number of ether oxygens (including phenoxy) is 1. The van der Waals surface area contributed by atoms with Crippen molar-refractivity contribution in [3.63, 3.8) is 0 Å². The highest BCUT2D eigenvalue weighted by atomic mass is 32.2. The molecule has 2 heterocycles. The molecule has 1 fully saturated rings. The highest BCUT2D eigenvalue weighted by Crippen LogP contribution is 2.36. The molecule has 0 unspecified atom stereocenters. The topological polar surface area (TPSA) is 47.4 Å². The Kier molecular flexibility index (Phi) is 9.80. The summed E-state index contributed by atoms with van der Waals surface area (Å²) in [4.78, 5) is 15.9. The maximum atomic E-state index is 13.4. The number of thioether (sulfide) groups is 1. The van der Waals surface area contributed by atoms with Gasteiger partial charge >= 0.3 is 0 Å². The van der Waals surface area contributed by atoms with Crippen molar-refractivity contribution in [1.82, 2.24) is 14.7 Å². The van der Waals surface area contributed by atoms with E-state index in [0.717, 1.165) is 47.5 Å². The van der Waals surface area contributed by atoms with Crippen LogP contribution in [0.5, 0.6) is 5.75 Å². The summed E-state index contributed by atoms with van der Waals surface area (Å²) in [6.45, 7) is 10.0. The Bertz CT molecular complexity index is 1270. The Hall–Kier alpha value is -2.90. The van der Waals surface area contributed by atoms with Crippen molar-refractivity contribution in [2.24, 2.45) is 11.8 Å². The number of para-hydroxylation sites is 1. The fraction of sp³-hybridized carbons (Fsp3) is 0.387. The molecule has 3 aromatic rings. The molecular weight excluding hydrogens is 510 g/mol. The van der Waals surface area contributed by atoms with Gasteiger partial charge in [-0.2, -0.15) is 5.10 Å². The minimum Gasteiger partial charge on any atom is -0.493 e. The Balaban J connectivity index is 1.64. The van der Waals surface area contributed by atoms with Gasteiger partial charge in [-0.15, -0.1) is 0 Å². The van der Waals surface area contributed by atoms with Crippen LogP contribution >= 0.6 is 24.0 Å². The van der Waals surface area contributed by atoms with Crippen LogP contribution in [-0.2, 0) is 4.79 Å². The highest BCUT2D eigenvalue weighted by Gasteiger charge is 2.33. The lowest BCUT2D eigenvalue weighted by molar-refractivity contribution is -0.122. The minimum absolute atomic E-state index is 0.00853. The largest absolute Gasteiger partial charge is 0.493 e. The molecule has 1 aliphatic heterocycles. The lowest BCUT2D eigenvalue weighted by atomic mass is 9.99. The summed E-state index contributed by atoms with van der Waals surface area (Å²) in [6.07, 6.45) is 8.42. The van der Waals surface area contributed by atoms with Crippen molar-refractivity contribution < 1.29 is 9.53 Å². The predicted molar refractivity (Wildman–Crippen MR) is 163 cm³/mol. The van der Waals surface area contributed by atoms with Crippen LogP contribution in [0.4, 0.5) is 0 Å². The number of amides is 1. The van der Waals surface area contributed by atoms with Gasteiger partial charge in [0, 0.05) is 23.9 Å². The average Bonchev–Trinajstić information content (AvgIpc) is 3.46. The number of benzene rings is 2. The van der Waals surface area contributed by atoms with Crippen LogP contribution in [0.3, 0.4) is 0 Å². The lowest BCUT2D eigenvalue weighted by Gasteiger charge is -2.21. The first-order valence-electron chi connectivity index (χ1n) is 13.5. The Morgan fingerprint density at radius 1 is 1.08 bits per heavy atom. The first-order valence-corrected chi connectivity index (χ1v) is 14.8. The number of rotatable bonds is 12. The van der Waals surface area contributed by atoms with Crippen molar-refractivity contribution in [3.05, 3.63) is 71.3 Å². The molecule has 0 radical (unpaired) electrons. The molecular formula is C31H37N3O2S2. The molecule has 0 spiro atoms. The molecule has 2 aromatic carbocycles. The summed E-state index contributed by atoms with van der Waals surface area (Å²) in [6, 6.07) is 18.0. The standard InChI is InChI=1S/C31H37N3O2S2/c1-5-7-11-23(6-2)19-33-30(35)28(38-31(33)37)18-25-20-34(26-12-9-8-10-13-26)32-29(25)24-14-16-27(17-15-24)36-21-22(3)4/h8-10,12-18,20,22-23H,5-7,11,19,21H2,1-4H3/b28-18-/t23-/m1/s1. The van der Waals surface area contributed by atoms with Gasteiger partial charge in [0.2, 0.25) is 0 Å². The van der Waals surface area contributed by atoms with Crippen LogP contribution in [0, 0.1) is 11.8 Å². The van der Waals surface area contributed by atoms with Gasteiger partial charge in [-0.05, 0) is 60.7 Å². The summed E-state index contributed by atoms with van der Waals surface area (Å²) in [7, 11) is 0. The van der Waals surface area contributed by atoms with Gasteiger partial charge in [-0.3, -0.25) is 9.69 Å². The number of carbonyl (C=O) groups excluding carboxylic acids is 1. The SMILES string of the molecule is CCCC[C@@H](CC)CN1C(=O)/C(=C/c2cn(-c3ccccc3)nc2-c2ccc(OCC(C)C)cc2)SC1=S. The minimum atomic E-state index is -0.00853. The maximum Gasteiger partial charge on any atom is 0.266 e. The Morgan fingerprint density at radius 2 is 1.82 bits per heavy atom. The van der Waals surface area contributed by atoms with Crippen molar-refractivity contribution in [2.75, 3.05) is 13.2 Å². The average molecular weight is 548 g/mol. The monoisotopic (exact) mass is 547 g/mol. The van der Waals surface area contributed by atoms with Crippen molar-refractivity contribution in [2.45, 2.75) is 53.4 Å². The lowest BCUT2D eigenvalue weighted by Crippen LogP contribution is -2.33. The number of hydrogen-bond donors (Lipinski definition) is 0. The van der Waals surface area contributed by atoms with Crippen LogP contribution in [-0.4, -0.2) is 38.1 Å². The van der Waals surface area contributed by atoms with E-state index in [9.17, 15) is 4.79 Å². The third kappa shape index (κ3) is 6.94. The fourth-order valence-corrected chi connectivity index (χ4v) is 5.64.